The molecule has 2 heterocycles. The van der Waals surface area contributed by atoms with Crippen LogP contribution in [0, 0.1) is 0 Å². The fourth-order valence-corrected chi connectivity index (χ4v) is 4.52. The van der Waals surface area contributed by atoms with Crippen molar-refractivity contribution in [1.82, 2.24) is 4.90 Å². The molecular weight excluding hydrogens is 432 g/mol. The van der Waals surface area contributed by atoms with Crippen LogP contribution in [-0.2, 0) is 9.53 Å². The van der Waals surface area contributed by atoms with Crippen molar-refractivity contribution in [3.05, 3.63) is 64.2 Å². The van der Waals surface area contributed by atoms with Gasteiger partial charge in [0.05, 0.1) is 22.4 Å². The molecule has 2 aliphatic rings. The van der Waals surface area contributed by atoms with Crippen LogP contribution >= 0.6 is 11.6 Å². The Morgan fingerprint density at radius 1 is 0.969 bits per heavy atom. The lowest BCUT2D eigenvalue weighted by Gasteiger charge is -2.38. The lowest BCUT2D eigenvalue weighted by atomic mass is 9.97. The van der Waals surface area contributed by atoms with Crippen LogP contribution < -0.4 is 4.90 Å². The number of amides is 3. The molecule has 32 heavy (non-hydrogen) atoms. The standard InChI is InChI=1S/C24H23ClN2O5/c1-14-4-3-5-15(2)26(14)21(28)13-32-24(31)16-6-11-19-20(12-16)23(30)27(22(19)29)18-9-7-17(25)8-10-18/h6-12,14-15H,3-5,13H2,1-2H3/t14-,15+. The topological polar surface area (TPSA) is 84.0 Å². The maximum Gasteiger partial charge on any atom is 0.338 e. The van der Waals surface area contributed by atoms with Crippen molar-refractivity contribution in [3.63, 3.8) is 0 Å². The van der Waals surface area contributed by atoms with Crippen LogP contribution in [0.25, 0.3) is 0 Å². The molecule has 2 aliphatic heterocycles. The van der Waals surface area contributed by atoms with Gasteiger partial charge in [-0.25, -0.2) is 9.69 Å². The molecule has 0 unspecified atom stereocenters. The molecule has 2 atom stereocenters. The minimum atomic E-state index is -0.719. The summed E-state index contributed by atoms with van der Waals surface area (Å²) >= 11 is 5.89. The Kier molecular flexibility index (Phi) is 6.02. The molecule has 2 aromatic carbocycles. The predicted octanol–water partition coefficient (Wildman–Crippen LogP) is 4.09. The van der Waals surface area contributed by atoms with Crippen molar-refractivity contribution in [3.8, 4) is 0 Å². The Hall–Kier alpha value is -3.19. The van der Waals surface area contributed by atoms with Crippen molar-refractivity contribution in [2.24, 2.45) is 0 Å². The van der Waals surface area contributed by atoms with Crippen LogP contribution in [0.4, 0.5) is 5.69 Å². The molecule has 3 amide bonds. The molecule has 4 rings (SSSR count). The number of esters is 1. The van der Waals surface area contributed by atoms with E-state index in [9.17, 15) is 19.2 Å². The van der Waals surface area contributed by atoms with Crippen LogP contribution in [-0.4, -0.2) is 47.3 Å². The largest absolute Gasteiger partial charge is 0.452 e. The molecular formula is C24H23ClN2O5. The Balaban J connectivity index is 1.47. The fraction of sp³-hybridized carbons (Fsp3) is 0.333. The van der Waals surface area contributed by atoms with Crippen molar-refractivity contribution >= 4 is 41.0 Å². The first-order chi connectivity index (χ1) is 15.3. The number of rotatable bonds is 4. The molecule has 0 aliphatic carbocycles. The third kappa shape index (κ3) is 4.00. The number of nitrogens with zero attached hydrogens (tertiary/aromatic N) is 2. The smallest absolute Gasteiger partial charge is 0.338 e. The van der Waals surface area contributed by atoms with E-state index in [1.165, 1.54) is 18.2 Å². The molecule has 0 spiro atoms. The van der Waals surface area contributed by atoms with E-state index >= 15 is 0 Å². The molecule has 2 aromatic rings. The molecule has 0 radical (unpaired) electrons. The highest BCUT2D eigenvalue weighted by molar-refractivity contribution is 6.35. The summed E-state index contributed by atoms with van der Waals surface area (Å²) in [5.74, 6) is -1.97. The second kappa shape index (κ2) is 8.74. The average molecular weight is 455 g/mol. The van der Waals surface area contributed by atoms with E-state index in [4.69, 9.17) is 16.3 Å². The number of likely N-dealkylation sites (tertiary alicyclic amines) is 1. The zero-order valence-electron chi connectivity index (χ0n) is 17.8. The zero-order valence-corrected chi connectivity index (χ0v) is 18.6. The summed E-state index contributed by atoms with van der Waals surface area (Å²) in [6.45, 7) is 3.62. The molecule has 0 N–H and O–H groups in total. The number of hydrogen-bond acceptors (Lipinski definition) is 5. The van der Waals surface area contributed by atoms with Gasteiger partial charge >= 0.3 is 5.97 Å². The maximum absolute atomic E-state index is 12.9. The molecule has 1 fully saturated rings. The van der Waals surface area contributed by atoms with Gasteiger partial charge < -0.3 is 9.64 Å². The summed E-state index contributed by atoms with van der Waals surface area (Å²) in [7, 11) is 0. The van der Waals surface area contributed by atoms with Crippen molar-refractivity contribution in [2.75, 3.05) is 11.5 Å². The minimum Gasteiger partial charge on any atom is -0.452 e. The highest BCUT2D eigenvalue weighted by Gasteiger charge is 2.37. The number of carbonyl (C=O) groups excluding carboxylic acids is 4. The van der Waals surface area contributed by atoms with E-state index in [1.807, 2.05) is 13.8 Å². The Morgan fingerprint density at radius 2 is 1.59 bits per heavy atom. The van der Waals surface area contributed by atoms with Gasteiger partial charge in [0.15, 0.2) is 6.61 Å². The minimum absolute atomic E-state index is 0.104. The first-order valence-electron chi connectivity index (χ1n) is 10.5. The monoisotopic (exact) mass is 454 g/mol. The summed E-state index contributed by atoms with van der Waals surface area (Å²) in [6.07, 6.45) is 2.92. The maximum atomic E-state index is 12.9. The van der Waals surface area contributed by atoms with E-state index < -0.39 is 17.8 Å². The first-order valence-corrected chi connectivity index (χ1v) is 10.9. The van der Waals surface area contributed by atoms with E-state index in [0.717, 1.165) is 24.2 Å². The number of ether oxygens (including phenoxy) is 1. The second-order valence-electron chi connectivity index (χ2n) is 8.19. The Bertz CT molecular complexity index is 1090. The number of fused-ring (bicyclic) bond motifs is 1. The van der Waals surface area contributed by atoms with Gasteiger partial charge in [-0.05, 0) is 75.6 Å². The van der Waals surface area contributed by atoms with Gasteiger partial charge in [-0.3, -0.25) is 14.4 Å². The summed E-state index contributed by atoms with van der Waals surface area (Å²) in [5, 5.41) is 0.485. The van der Waals surface area contributed by atoms with Gasteiger partial charge in [0.2, 0.25) is 0 Å². The number of hydrogen-bond donors (Lipinski definition) is 0. The van der Waals surface area contributed by atoms with Gasteiger partial charge in [0.1, 0.15) is 0 Å². The van der Waals surface area contributed by atoms with Crippen LogP contribution in [0.15, 0.2) is 42.5 Å². The zero-order chi connectivity index (χ0) is 23.0. The van der Waals surface area contributed by atoms with Gasteiger partial charge in [-0.1, -0.05) is 11.6 Å². The van der Waals surface area contributed by atoms with E-state index in [0.29, 0.717) is 10.7 Å². The molecule has 8 heteroatoms. The second-order valence-corrected chi connectivity index (χ2v) is 8.63. The predicted molar refractivity (Wildman–Crippen MR) is 119 cm³/mol. The molecule has 1 saturated heterocycles. The number of piperidine rings is 1. The lowest BCUT2D eigenvalue weighted by molar-refractivity contribution is -0.140. The number of carbonyl (C=O) groups is 4. The van der Waals surface area contributed by atoms with E-state index in [2.05, 4.69) is 0 Å². The highest BCUT2D eigenvalue weighted by atomic mass is 35.5. The fourth-order valence-electron chi connectivity index (χ4n) is 4.39. The highest BCUT2D eigenvalue weighted by Crippen LogP contribution is 2.30. The molecule has 0 bridgehead atoms. The van der Waals surface area contributed by atoms with Gasteiger partial charge in [0, 0.05) is 17.1 Å². The van der Waals surface area contributed by atoms with E-state index in [1.54, 1.807) is 29.2 Å². The van der Waals surface area contributed by atoms with Crippen molar-refractivity contribution in [1.29, 1.82) is 0 Å². The lowest BCUT2D eigenvalue weighted by Crippen LogP contribution is -2.49. The van der Waals surface area contributed by atoms with Crippen LogP contribution in [0.3, 0.4) is 0 Å². The van der Waals surface area contributed by atoms with Crippen LogP contribution in [0.5, 0.6) is 0 Å². The number of imide groups is 1. The summed E-state index contributed by atoms with van der Waals surface area (Å²) in [5.41, 5.74) is 0.813. The van der Waals surface area contributed by atoms with Gasteiger partial charge in [0.25, 0.3) is 17.7 Å². The summed E-state index contributed by atoms with van der Waals surface area (Å²) in [6, 6.07) is 10.7. The molecule has 0 aromatic heterocycles. The molecule has 7 nitrogen and oxygen atoms in total. The summed E-state index contributed by atoms with van der Waals surface area (Å²) in [4.78, 5) is 53.6. The third-order valence-corrected chi connectivity index (χ3v) is 6.27. The first kappa shape index (κ1) is 22.0. The third-order valence-electron chi connectivity index (χ3n) is 6.02. The van der Waals surface area contributed by atoms with Crippen molar-refractivity contribution < 1.29 is 23.9 Å². The Labute approximate surface area is 190 Å². The number of benzene rings is 2. The number of halogens is 1. The van der Waals surface area contributed by atoms with E-state index in [-0.39, 0.29) is 41.3 Å². The normalized spacial score (nSPS) is 20.3. The SMILES string of the molecule is C[C@@H]1CCC[C@H](C)N1C(=O)COC(=O)c1ccc2c(c1)C(=O)N(c1ccc(Cl)cc1)C2=O. The number of anilines is 1. The van der Waals surface area contributed by atoms with Gasteiger partial charge in [-0.2, -0.15) is 0 Å². The average Bonchev–Trinajstić information content (AvgIpc) is 3.02. The van der Waals surface area contributed by atoms with Gasteiger partial charge in [-0.15, -0.1) is 0 Å². The quantitative estimate of drug-likeness (QED) is 0.513. The summed E-state index contributed by atoms with van der Waals surface area (Å²) < 4.78 is 5.23. The molecule has 166 valence electrons. The molecule has 0 saturated carbocycles. The van der Waals surface area contributed by atoms with Crippen LogP contribution in [0.2, 0.25) is 5.02 Å². The van der Waals surface area contributed by atoms with Crippen LogP contribution in [0.1, 0.15) is 64.2 Å². The van der Waals surface area contributed by atoms with Crippen molar-refractivity contribution in [2.45, 2.75) is 45.2 Å². The Morgan fingerprint density at radius 3 is 2.25 bits per heavy atom.